The average Bonchev–Trinajstić information content (AvgIpc) is 3.30. The van der Waals surface area contributed by atoms with Gasteiger partial charge in [-0.15, -0.1) is 22.7 Å². The number of nitrogens with zero attached hydrogens (tertiary/aromatic N) is 2. The van der Waals surface area contributed by atoms with Gasteiger partial charge in [-0.05, 0) is 45.2 Å². The van der Waals surface area contributed by atoms with Crippen molar-refractivity contribution in [2.45, 2.75) is 46.1 Å². The summed E-state index contributed by atoms with van der Waals surface area (Å²) in [6.07, 6.45) is 3.28. The fourth-order valence-corrected chi connectivity index (χ4v) is 4.17. The zero-order valence-corrected chi connectivity index (χ0v) is 17.9. The molecule has 3 aromatic rings. The third-order valence-corrected chi connectivity index (χ3v) is 6.03. The van der Waals surface area contributed by atoms with Gasteiger partial charge in [0.2, 0.25) is 5.91 Å². The maximum absolute atomic E-state index is 12.1. The number of carbonyl (C=O) groups excluding carboxylic acids is 1. The summed E-state index contributed by atoms with van der Waals surface area (Å²) in [5.74, 6) is 0.842. The first-order valence-corrected chi connectivity index (χ1v) is 11.1. The van der Waals surface area contributed by atoms with Gasteiger partial charge in [0.1, 0.15) is 17.4 Å². The second kappa shape index (κ2) is 10.3. The van der Waals surface area contributed by atoms with Gasteiger partial charge >= 0.3 is 0 Å². The number of nitrogens with one attached hydrogen (secondary N) is 1. The van der Waals surface area contributed by atoms with Crippen LogP contribution in [0.5, 0.6) is 5.75 Å². The molecule has 148 valence electrons. The quantitative estimate of drug-likeness (QED) is 0.496. The van der Waals surface area contributed by atoms with Crippen LogP contribution in [0.4, 0.5) is 0 Å². The maximum atomic E-state index is 12.1. The van der Waals surface area contributed by atoms with Crippen molar-refractivity contribution in [3.63, 3.8) is 0 Å². The summed E-state index contributed by atoms with van der Waals surface area (Å²) >= 11 is 3.23. The number of unbranched alkanes of at least 4 members (excludes halogenated alkanes) is 1. The van der Waals surface area contributed by atoms with E-state index in [0.717, 1.165) is 41.4 Å². The number of ether oxygens (including phenoxy) is 1. The predicted octanol–water partition coefficient (Wildman–Crippen LogP) is 4.48. The summed E-state index contributed by atoms with van der Waals surface area (Å²) < 4.78 is 5.74. The molecule has 1 amide bonds. The van der Waals surface area contributed by atoms with E-state index in [9.17, 15) is 4.79 Å². The molecule has 1 N–H and O–H groups in total. The highest BCUT2D eigenvalue weighted by molar-refractivity contribution is 7.09. The van der Waals surface area contributed by atoms with Crippen molar-refractivity contribution >= 4 is 28.6 Å². The lowest BCUT2D eigenvalue weighted by Crippen LogP contribution is -2.26. The second-order valence-electron chi connectivity index (χ2n) is 6.70. The van der Waals surface area contributed by atoms with Crippen LogP contribution < -0.4 is 10.1 Å². The Morgan fingerprint density at radius 2 is 1.82 bits per heavy atom. The van der Waals surface area contributed by atoms with Gasteiger partial charge in [-0.2, -0.15) is 0 Å². The van der Waals surface area contributed by atoms with E-state index in [0.29, 0.717) is 19.6 Å². The Bertz CT molecular complexity index is 887. The Balaban J connectivity index is 1.32. The molecule has 0 aliphatic rings. The van der Waals surface area contributed by atoms with E-state index < -0.39 is 0 Å². The highest BCUT2D eigenvalue weighted by Gasteiger charge is 2.08. The number of aromatic nitrogens is 2. The van der Waals surface area contributed by atoms with Crippen molar-refractivity contribution in [1.29, 1.82) is 0 Å². The molecule has 0 radical (unpaired) electrons. The van der Waals surface area contributed by atoms with E-state index in [-0.39, 0.29) is 5.91 Å². The first-order chi connectivity index (χ1) is 13.6. The number of rotatable bonds is 10. The van der Waals surface area contributed by atoms with Gasteiger partial charge in [-0.1, -0.05) is 17.7 Å². The molecule has 0 aliphatic carbocycles. The molecule has 0 saturated carbocycles. The van der Waals surface area contributed by atoms with Crippen molar-refractivity contribution in [2.24, 2.45) is 0 Å². The summed E-state index contributed by atoms with van der Waals surface area (Å²) in [5, 5.41) is 9.03. The Hall–Kier alpha value is -2.25. The number of thiazole rings is 2. The fourth-order valence-electron chi connectivity index (χ4n) is 2.65. The molecule has 7 heteroatoms. The Kier molecular flexibility index (Phi) is 7.56. The van der Waals surface area contributed by atoms with Crippen molar-refractivity contribution in [3.8, 4) is 5.75 Å². The van der Waals surface area contributed by atoms with Gasteiger partial charge in [-0.3, -0.25) is 4.79 Å². The van der Waals surface area contributed by atoms with E-state index >= 15 is 0 Å². The molecule has 0 atom stereocenters. The summed E-state index contributed by atoms with van der Waals surface area (Å²) in [4.78, 5) is 21.0. The fraction of sp³-hybridized carbons (Fsp3) is 0.381. The standard InChI is InChI=1S/C21H25N3O2S2/c1-15-6-8-18(9-7-15)26-12-21-24-17(14-28-21)11-19(25)22-10-4-3-5-20-23-16(2)13-27-20/h6-9,13-14H,3-5,10-12H2,1-2H3,(H,22,25). The maximum Gasteiger partial charge on any atom is 0.226 e. The van der Waals surface area contributed by atoms with Gasteiger partial charge in [0.25, 0.3) is 0 Å². The predicted molar refractivity (Wildman–Crippen MR) is 114 cm³/mol. The lowest BCUT2D eigenvalue weighted by Gasteiger charge is -2.04. The highest BCUT2D eigenvalue weighted by Crippen LogP contribution is 2.16. The Labute approximate surface area is 173 Å². The van der Waals surface area contributed by atoms with Gasteiger partial charge in [0, 0.05) is 23.0 Å². The summed E-state index contributed by atoms with van der Waals surface area (Å²) in [6, 6.07) is 7.94. The van der Waals surface area contributed by atoms with Crippen LogP contribution in [0, 0.1) is 13.8 Å². The molecule has 0 bridgehead atoms. The number of benzene rings is 1. The van der Waals surface area contributed by atoms with E-state index in [1.807, 2.05) is 43.5 Å². The van der Waals surface area contributed by atoms with E-state index in [2.05, 4.69) is 20.7 Å². The zero-order valence-electron chi connectivity index (χ0n) is 16.2. The Morgan fingerprint density at radius 1 is 1.04 bits per heavy atom. The molecule has 28 heavy (non-hydrogen) atoms. The van der Waals surface area contributed by atoms with Crippen LogP contribution in [0.1, 0.15) is 39.8 Å². The summed E-state index contributed by atoms with van der Waals surface area (Å²) in [5.41, 5.74) is 3.08. The van der Waals surface area contributed by atoms with Crippen LogP contribution in [0.25, 0.3) is 0 Å². The van der Waals surface area contributed by atoms with Gasteiger partial charge in [0.05, 0.1) is 17.1 Å². The van der Waals surface area contributed by atoms with Gasteiger partial charge < -0.3 is 10.1 Å². The molecule has 2 heterocycles. The minimum atomic E-state index is 0.0152. The van der Waals surface area contributed by atoms with E-state index in [1.54, 1.807) is 11.3 Å². The number of hydrogen-bond acceptors (Lipinski definition) is 6. The topological polar surface area (TPSA) is 64.1 Å². The Morgan fingerprint density at radius 3 is 2.57 bits per heavy atom. The molecule has 0 spiro atoms. The average molecular weight is 416 g/mol. The third-order valence-electron chi connectivity index (χ3n) is 4.13. The number of amides is 1. The number of aryl methyl sites for hydroxylation is 3. The largest absolute Gasteiger partial charge is 0.486 e. The van der Waals surface area contributed by atoms with Gasteiger partial charge in [-0.25, -0.2) is 9.97 Å². The molecule has 2 aromatic heterocycles. The summed E-state index contributed by atoms with van der Waals surface area (Å²) in [6.45, 7) is 5.17. The summed E-state index contributed by atoms with van der Waals surface area (Å²) in [7, 11) is 0. The van der Waals surface area contributed by atoms with Crippen LogP contribution >= 0.6 is 22.7 Å². The van der Waals surface area contributed by atoms with Crippen molar-refractivity contribution < 1.29 is 9.53 Å². The third kappa shape index (κ3) is 6.73. The smallest absolute Gasteiger partial charge is 0.226 e. The van der Waals surface area contributed by atoms with E-state index in [1.165, 1.54) is 21.9 Å². The number of hydrogen-bond donors (Lipinski definition) is 1. The molecule has 1 aromatic carbocycles. The minimum Gasteiger partial charge on any atom is -0.486 e. The molecule has 5 nitrogen and oxygen atoms in total. The van der Waals surface area contributed by atoms with Crippen molar-refractivity contribution in [1.82, 2.24) is 15.3 Å². The molecular weight excluding hydrogens is 390 g/mol. The molecule has 0 aliphatic heterocycles. The van der Waals surface area contributed by atoms with E-state index in [4.69, 9.17) is 4.74 Å². The lowest BCUT2D eigenvalue weighted by molar-refractivity contribution is -0.120. The van der Waals surface area contributed by atoms with Crippen LogP contribution in [0.15, 0.2) is 35.0 Å². The first kappa shape index (κ1) is 20.5. The van der Waals surface area contributed by atoms with Crippen LogP contribution in [-0.4, -0.2) is 22.4 Å². The monoisotopic (exact) mass is 415 g/mol. The molecule has 0 unspecified atom stereocenters. The van der Waals surface area contributed by atoms with Gasteiger partial charge in [0.15, 0.2) is 0 Å². The van der Waals surface area contributed by atoms with Crippen molar-refractivity contribution in [3.05, 3.63) is 62.0 Å². The second-order valence-corrected chi connectivity index (χ2v) is 8.59. The number of carbonyl (C=O) groups is 1. The van der Waals surface area contributed by atoms with Crippen LogP contribution in [0.2, 0.25) is 0 Å². The SMILES string of the molecule is Cc1ccc(OCc2nc(CC(=O)NCCCCc3nc(C)cs3)cs2)cc1. The van der Waals surface area contributed by atoms with Crippen molar-refractivity contribution in [2.75, 3.05) is 6.54 Å². The molecule has 0 saturated heterocycles. The zero-order chi connectivity index (χ0) is 19.8. The molecule has 3 rings (SSSR count). The minimum absolute atomic E-state index is 0.0152. The van der Waals surface area contributed by atoms with Crippen LogP contribution in [0.3, 0.4) is 0 Å². The highest BCUT2D eigenvalue weighted by atomic mass is 32.1. The first-order valence-electron chi connectivity index (χ1n) is 9.39. The molecule has 0 fully saturated rings. The normalized spacial score (nSPS) is 10.8. The lowest BCUT2D eigenvalue weighted by atomic mass is 10.2. The molecular formula is C21H25N3O2S2. The van der Waals surface area contributed by atoms with Crippen LogP contribution in [-0.2, 0) is 24.2 Å².